The molecule has 3 rings (SSSR count). The van der Waals surface area contributed by atoms with Crippen LogP contribution in [-0.4, -0.2) is 48.9 Å². The summed E-state index contributed by atoms with van der Waals surface area (Å²) >= 11 is 0. The predicted molar refractivity (Wildman–Crippen MR) is 131 cm³/mol. The zero-order chi connectivity index (χ0) is 24.5. The summed E-state index contributed by atoms with van der Waals surface area (Å²) in [6.45, 7) is 10.2. The number of benzene rings is 1. The number of Topliss-reactive ketones (excluding diaryl/α,β-unsaturated/α-hetero) is 1. The lowest BCUT2D eigenvalue weighted by Gasteiger charge is -2.14. The number of aromatic nitrogens is 1. The SMILES string of the molecule is CCCOc1ccc(/C=C/C(=O)OCC(=O)c2cc(C)n(CC3CCCO3)c2C)cc1OCC. The van der Waals surface area contributed by atoms with Crippen molar-refractivity contribution in [2.24, 2.45) is 0 Å². The summed E-state index contributed by atoms with van der Waals surface area (Å²) in [4.78, 5) is 24.9. The van der Waals surface area contributed by atoms with Gasteiger partial charge in [-0.05, 0) is 69.9 Å². The molecule has 1 aromatic carbocycles. The van der Waals surface area contributed by atoms with Crippen molar-refractivity contribution >= 4 is 17.8 Å². The highest BCUT2D eigenvalue weighted by atomic mass is 16.5. The van der Waals surface area contributed by atoms with Crippen molar-refractivity contribution in [2.75, 3.05) is 26.4 Å². The first-order valence-electron chi connectivity index (χ1n) is 12.0. The first-order valence-corrected chi connectivity index (χ1v) is 12.0. The van der Waals surface area contributed by atoms with Crippen LogP contribution in [0.4, 0.5) is 0 Å². The summed E-state index contributed by atoms with van der Waals surface area (Å²) < 4.78 is 24.4. The van der Waals surface area contributed by atoms with Crippen LogP contribution in [0.1, 0.15) is 60.4 Å². The predicted octanol–water partition coefficient (Wildman–Crippen LogP) is 4.91. The van der Waals surface area contributed by atoms with Crippen LogP contribution in [0.15, 0.2) is 30.3 Å². The smallest absolute Gasteiger partial charge is 0.331 e. The summed E-state index contributed by atoms with van der Waals surface area (Å²) in [6, 6.07) is 7.33. The van der Waals surface area contributed by atoms with Gasteiger partial charge in [0.05, 0.1) is 19.3 Å². The van der Waals surface area contributed by atoms with E-state index in [-0.39, 0.29) is 18.5 Å². The van der Waals surface area contributed by atoms with E-state index >= 15 is 0 Å². The van der Waals surface area contributed by atoms with Crippen molar-refractivity contribution in [3.05, 3.63) is 52.9 Å². The minimum Gasteiger partial charge on any atom is -0.490 e. The number of rotatable bonds is 12. The van der Waals surface area contributed by atoms with E-state index in [0.29, 0.717) is 30.3 Å². The molecule has 0 N–H and O–H groups in total. The van der Waals surface area contributed by atoms with Gasteiger partial charge < -0.3 is 23.5 Å². The minimum atomic E-state index is -0.578. The monoisotopic (exact) mass is 469 g/mol. The number of hydrogen-bond donors (Lipinski definition) is 0. The van der Waals surface area contributed by atoms with Crippen LogP contribution in [0, 0.1) is 13.8 Å². The molecule has 1 atom stereocenters. The number of carbonyl (C=O) groups is 2. The van der Waals surface area contributed by atoms with Gasteiger partial charge in [-0.1, -0.05) is 13.0 Å². The van der Waals surface area contributed by atoms with Gasteiger partial charge in [0.1, 0.15) is 0 Å². The van der Waals surface area contributed by atoms with E-state index in [2.05, 4.69) is 4.57 Å². The van der Waals surface area contributed by atoms with Gasteiger partial charge in [0.25, 0.3) is 0 Å². The van der Waals surface area contributed by atoms with Gasteiger partial charge in [0.2, 0.25) is 5.78 Å². The third-order valence-electron chi connectivity index (χ3n) is 5.77. The van der Waals surface area contributed by atoms with Crippen molar-refractivity contribution in [1.82, 2.24) is 4.57 Å². The van der Waals surface area contributed by atoms with Crippen LogP contribution >= 0.6 is 0 Å². The lowest BCUT2D eigenvalue weighted by atomic mass is 10.1. The molecule has 0 spiro atoms. The van der Waals surface area contributed by atoms with Crippen molar-refractivity contribution in [2.45, 2.75) is 59.6 Å². The Hall–Kier alpha value is -3.06. The summed E-state index contributed by atoms with van der Waals surface area (Å²) in [6.07, 6.45) is 6.13. The van der Waals surface area contributed by atoms with E-state index in [4.69, 9.17) is 18.9 Å². The Morgan fingerprint density at radius 2 is 1.97 bits per heavy atom. The summed E-state index contributed by atoms with van der Waals surface area (Å²) in [7, 11) is 0. The van der Waals surface area contributed by atoms with Gasteiger partial charge in [-0.15, -0.1) is 0 Å². The molecule has 7 nitrogen and oxygen atoms in total. The number of aryl methyl sites for hydroxylation is 1. The molecule has 7 heteroatoms. The Balaban J connectivity index is 1.57. The number of carbonyl (C=O) groups excluding carboxylic acids is 2. The average Bonchev–Trinajstić information content (AvgIpc) is 3.44. The minimum absolute atomic E-state index is 0.186. The lowest BCUT2D eigenvalue weighted by molar-refractivity contribution is -0.136. The summed E-state index contributed by atoms with van der Waals surface area (Å²) in [5.74, 6) is 0.501. The molecule has 0 saturated carbocycles. The van der Waals surface area contributed by atoms with Crippen LogP contribution in [0.25, 0.3) is 6.08 Å². The molecular formula is C27H35NO6. The zero-order valence-corrected chi connectivity index (χ0v) is 20.6. The van der Waals surface area contributed by atoms with Crippen molar-refractivity contribution < 1.29 is 28.5 Å². The molecule has 1 unspecified atom stereocenters. The Morgan fingerprint density at radius 3 is 2.68 bits per heavy atom. The van der Waals surface area contributed by atoms with E-state index in [0.717, 1.165) is 49.4 Å². The van der Waals surface area contributed by atoms with E-state index in [1.165, 1.54) is 6.08 Å². The molecule has 1 aliphatic heterocycles. The van der Waals surface area contributed by atoms with Gasteiger partial charge in [-0.3, -0.25) is 4.79 Å². The summed E-state index contributed by atoms with van der Waals surface area (Å²) in [5.41, 5.74) is 3.22. The maximum absolute atomic E-state index is 12.7. The highest BCUT2D eigenvalue weighted by molar-refractivity contribution is 6.00. The number of hydrogen-bond acceptors (Lipinski definition) is 6. The molecule has 0 bridgehead atoms. The fourth-order valence-corrected chi connectivity index (χ4v) is 4.01. The van der Waals surface area contributed by atoms with Crippen molar-refractivity contribution in [1.29, 1.82) is 0 Å². The Kier molecular flexibility index (Phi) is 9.33. The van der Waals surface area contributed by atoms with E-state index in [1.807, 2.05) is 52.0 Å². The fraction of sp³-hybridized carbons (Fsp3) is 0.481. The molecule has 0 amide bonds. The molecule has 2 aromatic rings. The van der Waals surface area contributed by atoms with Crippen LogP contribution in [0.3, 0.4) is 0 Å². The topological polar surface area (TPSA) is 76.0 Å². The van der Waals surface area contributed by atoms with Gasteiger partial charge in [0.15, 0.2) is 18.1 Å². The maximum Gasteiger partial charge on any atom is 0.331 e. The molecule has 1 aliphatic rings. The number of ketones is 1. The lowest BCUT2D eigenvalue weighted by Crippen LogP contribution is -2.18. The van der Waals surface area contributed by atoms with E-state index in [1.54, 1.807) is 6.08 Å². The van der Waals surface area contributed by atoms with Gasteiger partial charge in [-0.2, -0.15) is 0 Å². The largest absolute Gasteiger partial charge is 0.490 e. The van der Waals surface area contributed by atoms with E-state index < -0.39 is 5.97 Å². The molecule has 0 radical (unpaired) electrons. The maximum atomic E-state index is 12.7. The second-order valence-electron chi connectivity index (χ2n) is 8.38. The van der Waals surface area contributed by atoms with Crippen molar-refractivity contribution in [3.8, 4) is 11.5 Å². The summed E-state index contributed by atoms with van der Waals surface area (Å²) in [5, 5.41) is 0. The molecule has 1 saturated heterocycles. The van der Waals surface area contributed by atoms with Crippen molar-refractivity contribution in [3.63, 3.8) is 0 Å². The molecule has 0 aliphatic carbocycles. The quantitative estimate of drug-likeness (QED) is 0.250. The molecule has 2 heterocycles. The number of esters is 1. The zero-order valence-electron chi connectivity index (χ0n) is 20.6. The van der Waals surface area contributed by atoms with Gasteiger partial charge in [0, 0.05) is 36.2 Å². The van der Waals surface area contributed by atoms with Crippen LogP contribution in [-0.2, 0) is 20.8 Å². The second-order valence-corrected chi connectivity index (χ2v) is 8.38. The molecule has 1 fully saturated rings. The third-order valence-corrected chi connectivity index (χ3v) is 5.77. The second kappa shape index (κ2) is 12.4. The first kappa shape index (κ1) is 25.6. The molecular weight excluding hydrogens is 434 g/mol. The highest BCUT2D eigenvalue weighted by Crippen LogP contribution is 2.29. The fourth-order valence-electron chi connectivity index (χ4n) is 4.01. The average molecular weight is 470 g/mol. The third kappa shape index (κ3) is 6.73. The van der Waals surface area contributed by atoms with Crippen LogP contribution in [0.2, 0.25) is 0 Å². The first-order chi connectivity index (χ1) is 16.4. The Labute approximate surface area is 201 Å². The Morgan fingerprint density at radius 1 is 1.15 bits per heavy atom. The molecule has 1 aromatic heterocycles. The molecule has 34 heavy (non-hydrogen) atoms. The Bertz CT molecular complexity index is 1020. The van der Waals surface area contributed by atoms with Gasteiger partial charge in [-0.25, -0.2) is 4.79 Å². The van der Waals surface area contributed by atoms with Crippen LogP contribution in [0.5, 0.6) is 11.5 Å². The van der Waals surface area contributed by atoms with E-state index in [9.17, 15) is 9.59 Å². The number of nitrogens with zero attached hydrogens (tertiary/aromatic N) is 1. The normalized spacial score (nSPS) is 15.6. The standard InChI is InChI=1S/C27H35NO6/c1-5-13-33-25-11-9-21(16-26(25)31-6-2)10-12-27(30)34-18-24(29)23-15-19(3)28(20(23)4)17-22-8-7-14-32-22/h9-12,15-16,22H,5-8,13-14,17-18H2,1-4H3/b12-10+. The molecule has 184 valence electrons. The number of ether oxygens (including phenoxy) is 4. The highest BCUT2D eigenvalue weighted by Gasteiger charge is 2.21. The van der Waals surface area contributed by atoms with Gasteiger partial charge >= 0.3 is 5.97 Å². The van der Waals surface area contributed by atoms with Crippen LogP contribution < -0.4 is 9.47 Å².